The van der Waals surface area contributed by atoms with E-state index in [9.17, 15) is 9.59 Å². The Morgan fingerprint density at radius 1 is 1.19 bits per heavy atom. The highest BCUT2D eigenvalue weighted by Gasteiger charge is 2.06. The Labute approximate surface area is 119 Å². The highest BCUT2D eigenvalue weighted by Crippen LogP contribution is 2.24. The second kappa shape index (κ2) is 5.16. The van der Waals surface area contributed by atoms with E-state index in [0.717, 1.165) is 10.9 Å². The number of aldehydes is 1. The van der Waals surface area contributed by atoms with Crippen molar-refractivity contribution in [1.29, 1.82) is 0 Å². The molecule has 3 rings (SSSR count). The van der Waals surface area contributed by atoms with Gasteiger partial charge in [0.25, 0.3) is 0 Å². The Morgan fingerprint density at radius 2 is 1.95 bits per heavy atom. The molecule has 2 aromatic heterocycles. The summed E-state index contributed by atoms with van der Waals surface area (Å²) in [4.78, 5) is 29.7. The summed E-state index contributed by atoms with van der Waals surface area (Å²) in [6, 6.07) is 6.66. The van der Waals surface area contributed by atoms with Crippen LogP contribution in [-0.2, 0) is 0 Å². The van der Waals surface area contributed by atoms with Gasteiger partial charge in [-0.2, -0.15) is 0 Å². The molecule has 0 aliphatic rings. The van der Waals surface area contributed by atoms with E-state index < -0.39 is 5.63 Å². The topological polar surface area (TPSA) is 82.3 Å². The number of carbonyl (C=O) groups excluding carboxylic acids is 1. The molecule has 0 amide bonds. The molecular formula is C15H10N2O4. The number of benzene rings is 1. The maximum atomic E-state index is 11.4. The minimum absolute atomic E-state index is 0.106. The van der Waals surface area contributed by atoms with Gasteiger partial charge in [0, 0.05) is 29.9 Å². The van der Waals surface area contributed by atoms with Crippen molar-refractivity contribution in [3.8, 4) is 11.8 Å². The molecule has 21 heavy (non-hydrogen) atoms. The number of aromatic nitrogens is 2. The molecule has 0 unspecified atom stereocenters. The van der Waals surface area contributed by atoms with E-state index >= 15 is 0 Å². The van der Waals surface area contributed by atoms with Crippen molar-refractivity contribution in [3.63, 3.8) is 0 Å². The van der Waals surface area contributed by atoms with Crippen LogP contribution in [0.5, 0.6) is 11.8 Å². The summed E-state index contributed by atoms with van der Waals surface area (Å²) in [7, 11) is 0. The number of hydrogen-bond donors (Lipinski definition) is 0. The Balaban J connectivity index is 1.96. The van der Waals surface area contributed by atoms with E-state index in [-0.39, 0.29) is 6.01 Å². The molecule has 6 nitrogen and oxygen atoms in total. The number of ether oxygens (including phenoxy) is 1. The average molecular weight is 282 g/mol. The fourth-order valence-corrected chi connectivity index (χ4v) is 1.91. The van der Waals surface area contributed by atoms with Gasteiger partial charge in [-0.25, -0.2) is 14.8 Å². The first-order valence-corrected chi connectivity index (χ1v) is 6.15. The molecule has 0 bridgehead atoms. The fraction of sp³-hybridized carbons (Fsp3) is 0.0667. The first kappa shape index (κ1) is 13.0. The highest BCUT2D eigenvalue weighted by atomic mass is 16.5. The molecular weight excluding hydrogens is 272 g/mol. The van der Waals surface area contributed by atoms with Crippen LogP contribution in [0.4, 0.5) is 0 Å². The Kier molecular flexibility index (Phi) is 3.19. The summed E-state index contributed by atoms with van der Waals surface area (Å²) < 4.78 is 10.6. The molecule has 0 aliphatic carbocycles. The summed E-state index contributed by atoms with van der Waals surface area (Å²) in [6.45, 7) is 1.83. The quantitative estimate of drug-likeness (QED) is 0.542. The zero-order valence-electron chi connectivity index (χ0n) is 11.1. The van der Waals surface area contributed by atoms with Crippen LogP contribution in [0.3, 0.4) is 0 Å². The van der Waals surface area contributed by atoms with Gasteiger partial charge in [-0.05, 0) is 24.6 Å². The van der Waals surface area contributed by atoms with Crippen LogP contribution in [0.2, 0.25) is 0 Å². The highest BCUT2D eigenvalue weighted by molar-refractivity contribution is 5.81. The van der Waals surface area contributed by atoms with Crippen molar-refractivity contribution in [2.45, 2.75) is 6.92 Å². The van der Waals surface area contributed by atoms with Crippen molar-refractivity contribution in [2.75, 3.05) is 0 Å². The molecule has 2 heterocycles. The molecule has 0 aliphatic heterocycles. The number of fused-ring (bicyclic) bond motifs is 1. The van der Waals surface area contributed by atoms with Crippen molar-refractivity contribution in [1.82, 2.24) is 9.97 Å². The number of hydrogen-bond acceptors (Lipinski definition) is 6. The molecule has 0 saturated heterocycles. The maximum absolute atomic E-state index is 11.4. The van der Waals surface area contributed by atoms with Gasteiger partial charge in [0.15, 0.2) is 6.29 Å². The van der Waals surface area contributed by atoms with Crippen LogP contribution in [0.15, 0.2) is 45.9 Å². The standard InChI is InChI=1S/C15H10N2O4/c1-9-4-14(19)21-13-5-11(2-3-12(9)13)20-15-16-6-10(8-18)7-17-15/h2-8H,1H3. The SMILES string of the molecule is Cc1cc(=O)oc2cc(Oc3ncc(C=O)cn3)ccc12. The zero-order chi connectivity index (χ0) is 14.8. The van der Waals surface area contributed by atoms with Gasteiger partial charge < -0.3 is 9.15 Å². The van der Waals surface area contributed by atoms with Crippen LogP contribution >= 0.6 is 0 Å². The molecule has 6 heteroatoms. The van der Waals surface area contributed by atoms with Gasteiger partial charge >= 0.3 is 11.6 Å². The molecule has 0 saturated carbocycles. The first-order valence-electron chi connectivity index (χ1n) is 6.15. The van der Waals surface area contributed by atoms with Crippen molar-refractivity contribution in [2.24, 2.45) is 0 Å². The molecule has 0 spiro atoms. The van der Waals surface area contributed by atoms with E-state index in [1.165, 1.54) is 18.5 Å². The lowest BCUT2D eigenvalue weighted by Gasteiger charge is -2.05. The molecule has 0 fully saturated rings. The predicted molar refractivity (Wildman–Crippen MR) is 74.7 cm³/mol. The third kappa shape index (κ3) is 2.64. The number of aryl methyl sites for hydroxylation is 1. The fourth-order valence-electron chi connectivity index (χ4n) is 1.91. The summed E-state index contributed by atoms with van der Waals surface area (Å²) >= 11 is 0. The third-order valence-corrected chi connectivity index (χ3v) is 2.92. The summed E-state index contributed by atoms with van der Waals surface area (Å²) in [5, 5.41) is 0.833. The third-order valence-electron chi connectivity index (χ3n) is 2.92. The van der Waals surface area contributed by atoms with Crippen LogP contribution < -0.4 is 10.4 Å². The van der Waals surface area contributed by atoms with Gasteiger partial charge in [0.2, 0.25) is 0 Å². The number of nitrogens with zero attached hydrogens (tertiary/aromatic N) is 2. The first-order chi connectivity index (χ1) is 10.2. The van der Waals surface area contributed by atoms with E-state index in [0.29, 0.717) is 23.2 Å². The Hall–Kier alpha value is -3.02. The summed E-state index contributed by atoms with van der Waals surface area (Å²) in [5.41, 5.74) is 1.22. The van der Waals surface area contributed by atoms with Gasteiger partial charge in [0.05, 0.1) is 5.56 Å². The Bertz CT molecular complexity index is 869. The van der Waals surface area contributed by atoms with Crippen LogP contribution in [0, 0.1) is 6.92 Å². The van der Waals surface area contributed by atoms with E-state index in [1.54, 1.807) is 18.2 Å². The van der Waals surface area contributed by atoms with Crippen molar-refractivity contribution >= 4 is 17.3 Å². The number of carbonyl (C=O) groups is 1. The average Bonchev–Trinajstić information content (AvgIpc) is 2.47. The molecule has 0 N–H and O–H groups in total. The van der Waals surface area contributed by atoms with E-state index in [2.05, 4.69) is 9.97 Å². The molecule has 3 aromatic rings. The lowest BCUT2D eigenvalue weighted by molar-refractivity contribution is 0.112. The lowest BCUT2D eigenvalue weighted by Crippen LogP contribution is -1.98. The number of rotatable bonds is 3. The second-order valence-corrected chi connectivity index (χ2v) is 4.43. The van der Waals surface area contributed by atoms with Gasteiger partial charge in [0.1, 0.15) is 11.3 Å². The Morgan fingerprint density at radius 3 is 2.67 bits per heavy atom. The van der Waals surface area contributed by atoms with Crippen molar-refractivity contribution in [3.05, 3.63) is 58.2 Å². The molecule has 0 radical (unpaired) electrons. The summed E-state index contributed by atoms with van der Waals surface area (Å²) in [5.74, 6) is 0.440. The lowest BCUT2D eigenvalue weighted by atomic mass is 10.1. The van der Waals surface area contributed by atoms with Crippen LogP contribution in [0.25, 0.3) is 11.0 Å². The van der Waals surface area contributed by atoms with E-state index in [4.69, 9.17) is 9.15 Å². The largest absolute Gasteiger partial charge is 0.424 e. The molecule has 1 aromatic carbocycles. The second-order valence-electron chi connectivity index (χ2n) is 4.43. The van der Waals surface area contributed by atoms with Gasteiger partial charge in [-0.1, -0.05) is 0 Å². The smallest absolute Gasteiger partial charge is 0.336 e. The normalized spacial score (nSPS) is 10.5. The van der Waals surface area contributed by atoms with Gasteiger partial charge in [-0.15, -0.1) is 0 Å². The van der Waals surface area contributed by atoms with Crippen LogP contribution in [0.1, 0.15) is 15.9 Å². The van der Waals surface area contributed by atoms with Crippen LogP contribution in [-0.4, -0.2) is 16.3 Å². The van der Waals surface area contributed by atoms with Crippen molar-refractivity contribution < 1.29 is 13.9 Å². The molecule has 104 valence electrons. The van der Waals surface area contributed by atoms with E-state index in [1.807, 2.05) is 6.92 Å². The zero-order valence-corrected chi connectivity index (χ0v) is 11.1. The minimum Gasteiger partial charge on any atom is -0.424 e. The minimum atomic E-state index is -0.413. The maximum Gasteiger partial charge on any atom is 0.336 e. The summed E-state index contributed by atoms with van der Waals surface area (Å²) in [6.07, 6.45) is 3.37. The predicted octanol–water partition coefficient (Wildman–Crippen LogP) is 2.50. The van der Waals surface area contributed by atoms with Gasteiger partial charge in [-0.3, -0.25) is 4.79 Å². The molecule has 0 atom stereocenters. The monoisotopic (exact) mass is 282 g/mol.